The SMILES string of the molecule is COC(=O)c1cc2c(=O)[nH]c(=O)n(-c3ccccc3)c2nc1N. The Hall–Kier alpha value is -3.42. The van der Waals surface area contributed by atoms with E-state index >= 15 is 0 Å². The van der Waals surface area contributed by atoms with Gasteiger partial charge in [0.1, 0.15) is 11.4 Å². The number of anilines is 1. The molecule has 0 radical (unpaired) electrons. The van der Waals surface area contributed by atoms with E-state index in [-0.39, 0.29) is 22.4 Å². The summed E-state index contributed by atoms with van der Waals surface area (Å²) in [5.74, 6) is -0.840. The normalized spacial score (nSPS) is 10.7. The van der Waals surface area contributed by atoms with Gasteiger partial charge in [-0.25, -0.2) is 19.1 Å². The largest absolute Gasteiger partial charge is 0.465 e. The third-order valence-corrected chi connectivity index (χ3v) is 3.33. The lowest BCUT2D eigenvalue weighted by Crippen LogP contribution is -2.30. The minimum atomic E-state index is -0.714. The minimum Gasteiger partial charge on any atom is -0.465 e. The zero-order valence-electron chi connectivity index (χ0n) is 12.1. The maximum absolute atomic E-state index is 12.2. The van der Waals surface area contributed by atoms with Crippen molar-refractivity contribution in [3.63, 3.8) is 0 Å². The van der Waals surface area contributed by atoms with Crippen molar-refractivity contribution in [1.29, 1.82) is 0 Å². The molecule has 3 aromatic rings. The van der Waals surface area contributed by atoms with E-state index in [1.807, 2.05) is 0 Å². The molecule has 8 nitrogen and oxygen atoms in total. The van der Waals surface area contributed by atoms with Crippen molar-refractivity contribution in [2.45, 2.75) is 0 Å². The van der Waals surface area contributed by atoms with Gasteiger partial charge < -0.3 is 10.5 Å². The van der Waals surface area contributed by atoms with Crippen LogP contribution in [0.15, 0.2) is 46.0 Å². The van der Waals surface area contributed by atoms with Crippen LogP contribution in [0.5, 0.6) is 0 Å². The van der Waals surface area contributed by atoms with Crippen LogP contribution in [0.4, 0.5) is 5.82 Å². The quantitative estimate of drug-likeness (QED) is 0.663. The van der Waals surface area contributed by atoms with Crippen molar-refractivity contribution in [1.82, 2.24) is 14.5 Å². The van der Waals surface area contributed by atoms with Crippen LogP contribution < -0.4 is 17.0 Å². The van der Waals surface area contributed by atoms with E-state index in [4.69, 9.17) is 5.73 Å². The van der Waals surface area contributed by atoms with Crippen LogP contribution in [-0.4, -0.2) is 27.6 Å². The molecule has 0 amide bonds. The lowest BCUT2D eigenvalue weighted by Gasteiger charge is -2.10. The number of nitrogens with two attached hydrogens (primary N) is 1. The maximum atomic E-state index is 12.2. The second kappa shape index (κ2) is 5.41. The third kappa shape index (κ3) is 2.35. The van der Waals surface area contributed by atoms with Gasteiger partial charge in [0.25, 0.3) is 5.56 Å². The number of pyridine rings is 1. The fraction of sp³-hybridized carbons (Fsp3) is 0.0667. The molecule has 0 saturated heterocycles. The molecule has 0 spiro atoms. The highest BCUT2D eigenvalue weighted by Crippen LogP contribution is 2.18. The summed E-state index contributed by atoms with van der Waals surface area (Å²) in [5, 5.41) is 0.0584. The van der Waals surface area contributed by atoms with E-state index in [1.165, 1.54) is 17.7 Å². The number of fused-ring (bicyclic) bond motifs is 1. The summed E-state index contributed by atoms with van der Waals surface area (Å²) in [7, 11) is 1.20. The maximum Gasteiger partial charge on any atom is 0.341 e. The number of benzene rings is 1. The highest BCUT2D eigenvalue weighted by atomic mass is 16.5. The molecule has 8 heteroatoms. The first kappa shape index (κ1) is 14.5. The fourth-order valence-electron chi connectivity index (χ4n) is 2.26. The summed E-state index contributed by atoms with van der Waals surface area (Å²) in [6, 6.07) is 9.91. The predicted octanol–water partition coefficient (Wildman–Crippen LogP) is 0.443. The fourth-order valence-corrected chi connectivity index (χ4v) is 2.26. The number of nitrogens with zero attached hydrogens (tertiary/aromatic N) is 2. The van der Waals surface area contributed by atoms with Gasteiger partial charge in [-0.3, -0.25) is 9.78 Å². The number of ether oxygens (including phenoxy) is 1. The Kier molecular flexibility index (Phi) is 3.41. The van der Waals surface area contributed by atoms with Gasteiger partial charge in [-0.2, -0.15) is 0 Å². The molecule has 3 rings (SSSR count). The van der Waals surface area contributed by atoms with E-state index in [0.29, 0.717) is 5.69 Å². The first-order valence-corrected chi connectivity index (χ1v) is 6.62. The Labute approximate surface area is 129 Å². The highest BCUT2D eigenvalue weighted by Gasteiger charge is 2.17. The number of rotatable bonds is 2. The number of aromatic nitrogens is 3. The van der Waals surface area contributed by atoms with Crippen molar-refractivity contribution in [3.05, 3.63) is 62.8 Å². The van der Waals surface area contributed by atoms with E-state index in [1.54, 1.807) is 30.3 Å². The number of H-pyrrole nitrogens is 1. The number of carbonyl (C=O) groups excluding carboxylic acids is 1. The second-order valence-electron chi connectivity index (χ2n) is 4.71. The van der Waals surface area contributed by atoms with Gasteiger partial charge in [0.05, 0.1) is 18.2 Å². The van der Waals surface area contributed by atoms with Crippen LogP contribution in [0.25, 0.3) is 16.7 Å². The molecule has 116 valence electrons. The molecule has 2 heterocycles. The molecule has 0 saturated carbocycles. The van der Waals surface area contributed by atoms with Gasteiger partial charge >= 0.3 is 11.7 Å². The minimum absolute atomic E-state index is 0.0382. The number of methoxy groups -OCH3 is 1. The molecule has 0 bridgehead atoms. The molecule has 0 aliphatic rings. The summed E-state index contributed by atoms with van der Waals surface area (Å²) in [6.45, 7) is 0. The number of hydrogen-bond acceptors (Lipinski definition) is 6. The molecule has 23 heavy (non-hydrogen) atoms. The molecule has 1 aromatic carbocycles. The van der Waals surface area contributed by atoms with Crippen molar-refractivity contribution in [2.75, 3.05) is 12.8 Å². The van der Waals surface area contributed by atoms with E-state index in [2.05, 4.69) is 14.7 Å². The van der Waals surface area contributed by atoms with Crippen LogP contribution in [-0.2, 0) is 4.74 Å². The molecule has 0 aliphatic carbocycles. The molecular formula is C15H12N4O4. The lowest BCUT2D eigenvalue weighted by atomic mass is 10.2. The van der Waals surface area contributed by atoms with E-state index in [0.717, 1.165) is 0 Å². The Balaban J connectivity index is 2.44. The van der Waals surface area contributed by atoms with Gasteiger partial charge in [-0.15, -0.1) is 0 Å². The van der Waals surface area contributed by atoms with Crippen molar-refractivity contribution in [2.24, 2.45) is 0 Å². The van der Waals surface area contributed by atoms with Crippen LogP contribution in [0.2, 0.25) is 0 Å². The Morgan fingerprint density at radius 3 is 2.61 bits per heavy atom. The highest BCUT2D eigenvalue weighted by molar-refractivity contribution is 5.98. The average Bonchev–Trinajstić information content (AvgIpc) is 2.54. The molecule has 0 atom stereocenters. The number of nitrogens with one attached hydrogen (secondary N) is 1. The van der Waals surface area contributed by atoms with Crippen molar-refractivity contribution >= 4 is 22.8 Å². The molecular weight excluding hydrogens is 300 g/mol. The first-order chi connectivity index (χ1) is 11.0. The van der Waals surface area contributed by atoms with Gasteiger partial charge in [-0.1, -0.05) is 18.2 Å². The summed E-state index contributed by atoms with van der Waals surface area (Å²) in [6.07, 6.45) is 0. The second-order valence-corrected chi connectivity index (χ2v) is 4.71. The van der Waals surface area contributed by atoms with Gasteiger partial charge in [0.2, 0.25) is 0 Å². The topological polar surface area (TPSA) is 120 Å². The Morgan fingerprint density at radius 1 is 1.26 bits per heavy atom. The third-order valence-electron chi connectivity index (χ3n) is 3.33. The molecule has 0 unspecified atom stereocenters. The van der Waals surface area contributed by atoms with Crippen molar-refractivity contribution in [3.8, 4) is 5.69 Å². The van der Waals surface area contributed by atoms with Crippen molar-refractivity contribution < 1.29 is 9.53 Å². The number of aromatic amines is 1. The summed E-state index contributed by atoms with van der Waals surface area (Å²) >= 11 is 0. The molecule has 0 fully saturated rings. The predicted molar refractivity (Wildman–Crippen MR) is 83.7 cm³/mol. The standard InChI is InChI=1S/C15H12N4O4/c1-23-14(21)9-7-10-12(17-11(9)16)19(15(22)18-13(10)20)8-5-3-2-4-6-8/h2-7H,1H3,(H2,16,17)(H,18,20,22). The Morgan fingerprint density at radius 2 is 1.96 bits per heavy atom. The van der Waals surface area contributed by atoms with Crippen LogP contribution in [0.1, 0.15) is 10.4 Å². The summed E-state index contributed by atoms with van der Waals surface area (Å²) in [5.41, 5.74) is 5.00. The number of esters is 1. The van der Waals surface area contributed by atoms with Crippen LogP contribution >= 0.6 is 0 Å². The number of carbonyl (C=O) groups is 1. The molecule has 0 aliphatic heterocycles. The van der Waals surface area contributed by atoms with E-state index in [9.17, 15) is 14.4 Å². The lowest BCUT2D eigenvalue weighted by molar-refractivity contribution is 0.0602. The van der Waals surface area contributed by atoms with E-state index < -0.39 is 17.2 Å². The average molecular weight is 312 g/mol. The number of hydrogen-bond donors (Lipinski definition) is 2. The van der Waals surface area contributed by atoms with Gasteiger partial charge in [0.15, 0.2) is 5.65 Å². The smallest absolute Gasteiger partial charge is 0.341 e. The first-order valence-electron chi connectivity index (χ1n) is 6.62. The van der Waals surface area contributed by atoms with Crippen LogP contribution in [0, 0.1) is 0 Å². The number of para-hydroxylation sites is 1. The number of nitrogen functional groups attached to an aromatic ring is 1. The van der Waals surface area contributed by atoms with Gasteiger partial charge in [0, 0.05) is 0 Å². The Bertz CT molecular complexity index is 1020. The van der Waals surface area contributed by atoms with Gasteiger partial charge in [-0.05, 0) is 18.2 Å². The molecule has 3 N–H and O–H groups in total. The zero-order valence-corrected chi connectivity index (χ0v) is 12.1. The van der Waals surface area contributed by atoms with Crippen LogP contribution in [0.3, 0.4) is 0 Å². The summed E-state index contributed by atoms with van der Waals surface area (Å²) < 4.78 is 5.82. The molecule has 2 aromatic heterocycles. The monoisotopic (exact) mass is 312 g/mol. The summed E-state index contributed by atoms with van der Waals surface area (Å²) in [4.78, 5) is 42.2. The zero-order chi connectivity index (χ0) is 16.6.